The monoisotopic (exact) mass is 331 g/mol. The second-order valence-corrected chi connectivity index (χ2v) is 6.73. The summed E-state index contributed by atoms with van der Waals surface area (Å²) in [4.78, 5) is 33.8. The number of rotatable bonds is 5. The molecule has 1 aromatic heterocycles. The number of likely N-dealkylation sites (tertiary alicyclic amines) is 1. The van der Waals surface area contributed by atoms with Crippen LogP contribution in [0.4, 0.5) is 4.79 Å². The molecule has 1 N–H and O–H groups in total. The van der Waals surface area contributed by atoms with Gasteiger partial charge in [0.15, 0.2) is 0 Å². The normalized spacial score (nSPS) is 24.6. The minimum Gasteiger partial charge on any atom is -0.336 e. The van der Waals surface area contributed by atoms with E-state index >= 15 is 0 Å². The van der Waals surface area contributed by atoms with E-state index in [4.69, 9.17) is 0 Å². The van der Waals surface area contributed by atoms with Crippen LogP contribution in [0.15, 0.2) is 24.5 Å². The largest absolute Gasteiger partial charge is 0.336 e. The van der Waals surface area contributed by atoms with Gasteiger partial charge in [0.1, 0.15) is 0 Å². The number of hydrogen-bond acceptors (Lipinski definition) is 5. The van der Waals surface area contributed by atoms with Crippen LogP contribution in [0.5, 0.6) is 0 Å². The van der Waals surface area contributed by atoms with Gasteiger partial charge in [0.25, 0.3) is 0 Å². The number of urea groups is 1. The lowest BCUT2D eigenvalue weighted by molar-refractivity contribution is -0.128. The average Bonchev–Trinajstić information content (AvgIpc) is 3.14. The molecule has 130 valence electrons. The molecule has 0 spiro atoms. The maximum atomic E-state index is 12.3. The Balaban J connectivity index is 1.60. The minimum absolute atomic E-state index is 0.128. The van der Waals surface area contributed by atoms with E-state index < -0.39 is 0 Å². The van der Waals surface area contributed by atoms with Crippen molar-refractivity contribution in [3.63, 3.8) is 0 Å². The van der Waals surface area contributed by atoms with E-state index in [9.17, 15) is 9.59 Å². The Morgan fingerprint density at radius 2 is 2.29 bits per heavy atom. The zero-order valence-electron chi connectivity index (χ0n) is 14.3. The second kappa shape index (κ2) is 7.27. The molecule has 0 radical (unpaired) electrons. The lowest BCUT2D eigenvalue weighted by atomic mass is 9.94. The summed E-state index contributed by atoms with van der Waals surface area (Å²) in [5, 5.41) is 2.67. The summed E-state index contributed by atoms with van der Waals surface area (Å²) in [6.45, 7) is 3.15. The number of hydrogen-bond donors (Lipinski definition) is 1. The number of amides is 3. The van der Waals surface area contributed by atoms with E-state index in [1.807, 2.05) is 24.2 Å². The van der Waals surface area contributed by atoms with Crippen LogP contribution in [0.2, 0.25) is 0 Å². The molecular formula is C17H25N5O2. The standard InChI is InChI=1S/C17H25N5O2/c1-20(12-15(23)22-9-7-19-17(22)24)11-14-5-8-21(2)16(14)13-4-3-6-18-10-13/h3-4,6,10,14,16H,5,7-9,11-12H2,1-2H3,(H,19,24)/t14-,16-/m0/s1. The third-order valence-electron chi connectivity index (χ3n) is 4.91. The Morgan fingerprint density at radius 3 is 2.96 bits per heavy atom. The van der Waals surface area contributed by atoms with E-state index in [1.54, 1.807) is 6.20 Å². The molecule has 3 heterocycles. The number of carbonyl (C=O) groups excluding carboxylic acids is 2. The van der Waals surface area contributed by atoms with Gasteiger partial charge in [0, 0.05) is 38.1 Å². The fourth-order valence-corrected chi connectivity index (χ4v) is 3.79. The van der Waals surface area contributed by atoms with Crippen LogP contribution in [-0.2, 0) is 4.79 Å². The average molecular weight is 331 g/mol. The third-order valence-corrected chi connectivity index (χ3v) is 4.91. The molecule has 2 atom stereocenters. The Labute approximate surface area is 142 Å². The number of pyridine rings is 1. The van der Waals surface area contributed by atoms with Gasteiger partial charge in [-0.1, -0.05) is 6.07 Å². The second-order valence-electron chi connectivity index (χ2n) is 6.73. The number of nitrogens with one attached hydrogen (secondary N) is 1. The van der Waals surface area contributed by atoms with Gasteiger partial charge >= 0.3 is 6.03 Å². The topological polar surface area (TPSA) is 68.8 Å². The molecule has 2 saturated heterocycles. The molecule has 0 bridgehead atoms. The van der Waals surface area contributed by atoms with E-state index in [0.717, 1.165) is 19.5 Å². The van der Waals surface area contributed by atoms with Gasteiger partial charge in [0.05, 0.1) is 6.54 Å². The van der Waals surface area contributed by atoms with Crippen LogP contribution in [0.3, 0.4) is 0 Å². The lowest BCUT2D eigenvalue weighted by Crippen LogP contribution is -2.42. The molecule has 0 aliphatic carbocycles. The van der Waals surface area contributed by atoms with Crippen molar-refractivity contribution in [3.05, 3.63) is 30.1 Å². The highest BCUT2D eigenvalue weighted by Gasteiger charge is 2.34. The van der Waals surface area contributed by atoms with E-state index in [-0.39, 0.29) is 18.5 Å². The molecule has 7 heteroatoms. The molecule has 3 rings (SSSR count). The van der Waals surface area contributed by atoms with Crippen molar-refractivity contribution >= 4 is 11.9 Å². The van der Waals surface area contributed by atoms with E-state index in [0.29, 0.717) is 25.0 Å². The van der Waals surface area contributed by atoms with Crippen molar-refractivity contribution in [1.82, 2.24) is 25.0 Å². The van der Waals surface area contributed by atoms with Crippen LogP contribution in [-0.4, -0.2) is 78.4 Å². The van der Waals surface area contributed by atoms with Crippen LogP contribution < -0.4 is 5.32 Å². The van der Waals surface area contributed by atoms with Gasteiger partial charge in [-0.15, -0.1) is 0 Å². The van der Waals surface area contributed by atoms with Crippen molar-refractivity contribution in [1.29, 1.82) is 0 Å². The van der Waals surface area contributed by atoms with Gasteiger partial charge in [-0.05, 0) is 44.6 Å². The predicted molar refractivity (Wildman–Crippen MR) is 90.3 cm³/mol. The Bertz CT molecular complexity index is 594. The van der Waals surface area contributed by atoms with Crippen LogP contribution in [0.25, 0.3) is 0 Å². The Morgan fingerprint density at radius 1 is 1.46 bits per heavy atom. The molecule has 7 nitrogen and oxygen atoms in total. The molecule has 24 heavy (non-hydrogen) atoms. The van der Waals surface area contributed by atoms with Crippen molar-refractivity contribution in [2.75, 3.05) is 46.8 Å². The lowest BCUT2D eigenvalue weighted by Gasteiger charge is -2.28. The number of carbonyl (C=O) groups is 2. The summed E-state index contributed by atoms with van der Waals surface area (Å²) >= 11 is 0. The first-order chi connectivity index (χ1) is 11.6. The highest BCUT2D eigenvalue weighted by molar-refractivity contribution is 5.96. The van der Waals surface area contributed by atoms with Gasteiger partial charge in [-0.2, -0.15) is 0 Å². The van der Waals surface area contributed by atoms with Gasteiger partial charge in [-0.25, -0.2) is 4.79 Å². The highest BCUT2D eigenvalue weighted by atomic mass is 16.2. The summed E-state index contributed by atoms with van der Waals surface area (Å²) < 4.78 is 0. The number of nitrogens with zero attached hydrogens (tertiary/aromatic N) is 4. The summed E-state index contributed by atoms with van der Waals surface area (Å²) in [5.74, 6) is 0.321. The van der Waals surface area contributed by atoms with Crippen LogP contribution in [0.1, 0.15) is 18.0 Å². The Hall–Kier alpha value is -1.99. The fraction of sp³-hybridized carbons (Fsp3) is 0.588. The summed E-state index contributed by atoms with van der Waals surface area (Å²) in [6, 6.07) is 4.14. The maximum absolute atomic E-state index is 12.3. The molecular weight excluding hydrogens is 306 g/mol. The summed E-state index contributed by atoms with van der Waals surface area (Å²) in [6.07, 6.45) is 4.82. The zero-order chi connectivity index (χ0) is 17.1. The minimum atomic E-state index is -0.276. The molecule has 1 aromatic rings. The van der Waals surface area contributed by atoms with Crippen LogP contribution in [0, 0.1) is 5.92 Å². The molecule has 2 aliphatic heterocycles. The SMILES string of the molecule is CN(CC(=O)N1CCNC1=O)C[C@@H]1CCN(C)[C@H]1c1cccnc1. The first-order valence-corrected chi connectivity index (χ1v) is 8.43. The highest BCUT2D eigenvalue weighted by Crippen LogP contribution is 2.35. The third kappa shape index (κ3) is 3.57. The summed E-state index contributed by atoms with van der Waals surface area (Å²) in [5.41, 5.74) is 1.22. The molecule has 0 aromatic carbocycles. The first kappa shape index (κ1) is 16.9. The first-order valence-electron chi connectivity index (χ1n) is 8.43. The van der Waals surface area contributed by atoms with Crippen molar-refractivity contribution in [3.8, 4) is 0 Å². The van der Waals surface area contributed by atoms with Crippen molar-refractivity contribution < 1.29 is 9.59 Å². The van der Waals surface area contributed by atoms with Gasteiger partial charge in [0.2, 0.25) is 5.91 Å². The quantitative estimate of drug-likeness (QED) is 0.854. The molecule has 0 unspecified atom stereocenters. The zero-order valence-corrected chi connectivity index (χ0v) is 14.3. The number of imide groups is 1. The van der Waals surface area contributed by atoms with Crippen LogP contribution >= 0.6 is 0 Å². The Kier molecular flexibility index (Phi) is 5.11. The molecule has 2 fully saturated rings. The summed E-state index contributed by atoms with van der Waals surface area (Å²) in [7, 11) is 4.09. The number of likely N-dealkylation sites (N-methyl/N-ethyl adjacent to an activating group) is 1. The van der Waals surface area contributed by atoms with Gasteiger partial charge in [-0.3, -0.25) is 24.5 Å². The maximum Gasteiger partial charge on any atom is 0.324 e. The molecule has 0 saturated carbocycles. The van der Waals surface area contributed by atoms with E-state index in [1.165, 1.54) is 10.5 Å². The molecule has 2 aliphatic rings. The van der Waals surface area contributed by atoms with Crippen molar-refractivity contribution in [2.45, 2.75) is 12.5 Å². The fourth-order valence-electron chi connectivity index (χ4n) is 3.79. The number of aromatic nitrogens is 1. The van der Waals surface area contributed by atoms with E-state index in [2.05, 4.69) is 28.3 Å². The predicted octanol–water partition coefficient (Wildman–Crippen LogP) is 0.558. The van der Waals surface area contributed by atoms with Crippen molar-refractivity contribution in [2.24, 2.45) is 5.92 Å². The smallest absolute Gasteiger partial charge is 0.324 e. The molecule has 3 amide bonds. The van der Waals surface area contributed by atoms with Gasteiger partial charge < -0.3 is 5.32 Å².